The number of ether oxygens (including phenoxy) is 2. The molecule has 1 atom stereocenters. The van der Waals surface area contributed by atoms with Crippen molar-refractivity contribution in [3.05, 3.63) is 41.5 Å². The van der Waals surface area contributed by atoms with Crippen LogP contribution in [0.2, 0.25) is 0 Å². The Bertz CT molecular complexity index is 717. The molecule has 0 aromatic heterocycles. The summed E-state index contributed by atoms with van der Waals surface area (Å²) in [5, 5.41) is 28.7. The van der Waals surface area contributed by atoms with Gasteiger partial charge in [-0.25, -0.2) is 9.59 Å². The van der Waals surface area contributed by atoms with E-state index in [1.54, 1.807) is 19.1 Å². The predicted octanol–water partition coefficient (Wildman–Crippen LogP) is 2.66. The second kappa shape index (κ2) is 17.9. The summed E-state index contributed by atoms with van der Waals surface area (Å²) < 4.78 is 11.4. The van der Waals surface area contributed by atoms with E-state index in [0.717, 1.165) is 31.4 Å². The number of aliphatic hydroxyl groups is 1. The molecule has 4 N–H and O–H groups in total. The summed E-state index contributed by atoms with van der Waals surface area (Å²) in [6.07, 6.45) is 3.65. The average molecular weight is 454 g/mol. The van der Waals surface area contributed by atoms with Crippen molar-refractivity contribution in [3.63, 3.8) is 0 Å². The zero-order valence-corrected chi connectivity index (χ0v) is 19.0. The van der Waals surface area contributed by atoms with Gasteiger partial charge in [0.2, 0.25) is 0 Å². The fourth-order valence-electron chi connectivity index (χ4n) is 2.31. The molecule has 0 fully saturated rings. The lowest BCUT2D eigenvalue weighted by Crippen LogP contribution is -2.31. The summed E-state index contributed by atoms with van der Waals surface area (Å²) in [6, 6.07) is 5.34. The van der Waals surface area contributed by atoms with E-state index in [9.17, 15) is 19.5 Å². The molecule has 180 valence electrons. The molecule has 0 aliphatic heterocycles. The van der Waals surface area contributed by atoms with Crippen LogP contribution in [0.3, 0.4) is 0 Å². The number of Topliss-reactive ketones (excluding diaryl/α,β-unsaturated/α-hetero) is 1. The highest BCUT2D eigenvalue weighted by Gasteiger charge is 2.11. The Kier molecular flexibility index (Phi) is 16.3. The van der Waals surface area contributed by atoms with Crippen LogP contribution in [-0.2, 0) is 20.9 Å². The number of aliphatic carboxylic acids is 2. The van der Waals surface area contributed by atoms with E-state index in [4.69, 9.17) is 19.7 Å². The minimum Gasteiger partial charge on any atom is -0.490 e. The van der Waals surface area contributed by atoms with Crippen LogP contribution < -0.4 is 10.1 Å². The number of ketones is 1. The van der Waals surface area contributed by atoms with E-state index in [1.807, 2.05) is 6.07 Å². The molecule has 0 aliphatic rings. The molecular formula is C23H35NO8. The molecule has 1 aromatic carbocycles. The van der Waals surface area contributed by atoms with Gasteiger partial charge in [0, 0.05) is 36.4 Å². The van der Waals surface area contributed by atoms with Crippen molar-refractivity contribution in [3.8, 4) is 5.75 Å². The van der Waals surface area contributed by atoms with Crippen molar-refractivity contribution in [1.29, 1.82) is 0 Å². The smallest absolute Gasteiger partial charge is 0.328 e. The summed E-state index contributed by atoms with van der Waals surface area (Å²) in [5.74, 6) is -1.84. The Balaban J connectivity index is 0.00000102. The Labute approximate surface area is 189 Å². The highest BCUT2D eigenvalue weighted by atomic mass is 16.5. The maximum absolute atomic E-state index is 11.6. The first-order valence-corrected chi connectivity index (χ1v) is 10.6. The Morgan fingerprint density at radius 3 is 2.28 bits per heavy atom. The normalized spacial score (nSPS) is 11.5. The number of rotatable bonds is 15. The number of aliphatic hydroxyl groups excluding tert-OH is 1. The van der Waals surface area contributed by atoms with Gasteiger partial charge < -0.3 is 30.1 Å². The Morgan fingerprint density at radius 1 is 1.09 bits per heavy atom. The fourth-order valence-corrected chi connectivity index (χ4v) is 2.31. The molecule has 0 amide bonds. The van der Waals surface area contributed by atoms with Crippen LogP contribution in [0.1, 0.15) is 56.0 Å². The van der Waals surface area contributed by atoms with E-state index in [1.165, 1.54) is 0 Å². The lowest BCUT2D eigenvalue weighted by atomic mass is 10.1. The Hall–Kier alpha value is -2.75. The predicted molar refractivity (Wildman–Crippen MR) is 120 cm³/mol. The minimum absolute atomic E-state index is 0.0140. The third-order valence-corrected chi connectivity index (χ3v) is 3.97. The van der Waals surface area contributed by atoms with E-state index in [0.29, 0.717) is 43.2 Å². The van der Waals surface area contributed by atoms with Gasteiger partial charge in [0.05, 0.1) is 6.61 Å². The van der Waals surface area contributed by atoms with Crippen molar-refractivity contribution in [2.24, 2.45) is 0 Å². The van der Waals surface area contributed by atoms with Crippen LogP contribution in [0.15, 0.2) is 30.4 Å². The monoisotopic (exact) mass is 453 g/mol. The molecule has 9 nitrogen and oxygen atoms in total. The number of carbonyl (C=O) groups excluding carboxylic acids is 1. The van der Waals surface area contributed by atoms with Crippen molar-refractivity contribution >= 4 is 17.7 Å². The first-order chi connectivity index (χ1) is 15.2. The van der Waals surface area contributed by atoms with Gasteiger partial charge in [0.15, 0.2) is 5.78 Å². The zero-order chi connectivity index (χ0) is 24.4. The van der Waals surface area contributed by atoms with Gasteiger partial charge in [0.1, 0.15) is 18.5 Å². The summed E-state index contributed by atoms with van der Waals surface area (Å²) in [7, 11) is 0. The molecule has 0 radical (unpaired) electrons. The van der Waals surface area contributed by atoms with Gasteiger partial charge in [-0.05, 0) is 44.5 Å². The topological polar surface area (TPSA) is 142 Å². The molecule has 0 spiro atoms. The molecule has 1 aromatic rings. The van der Waals surface area contributed by atoms with Crippen LogP contribution in [0.25, 0.3) is 0 Å². The molecule has 0 heterocycles. The van der Waals surface area contributed by atoms with E-state index in [2.05, 4.69) is 19.2 Å². The van der Waals surface area contributed by atoms with Gasteiger partial charge in [-0.15, -0.1) is 0 Å². The number of carbonyl (C=O) groups is 3. The molecular weight excluding hydrogens is 418 g/mol. The summed E-state index contributed by atoms with van der Waals surface area (Å²) >= 11 is 0. The SMILES string of the molecule is CCCCOCc1cc(C(C)=O)ccc1OCC(O)CNCCC.O=C(O)C=CC(=O)O. The summed E-state index contributed by atoms with van der Waals surface area (Å²) in [6.45, 7) is 8.41. The van der Waals surface area contributed by atoms with Crippen molar-refractivity contribution in [1.82, 2.24) is 5.32 Å². The number of carboxylic acid groups (broad SMARTS) is 2. The third-order valence-electron chi connectivity index (χ3n) is 3.97. The standard InChI is InChI=1S/C19H31NO4.C4H4O4/c1-4-6-10-23-13-17-11-16(15(3)21)7-8-19(17)24-14-18(22)12-20-9-5-2;5-3(6)1-2-4(7)8/h7-8,11,18,20,22H,4-6,9-10,12-14H2,1-3H3;1-2H,(H,5,6)(H,7,8). The van der Waals surface area contributed by atoms with Gasteiger partial charge in [-0.2, -0.15) is 0 Å². The highest BCUT2D eigenvalue weighted by molar-refractivity contribution is 5.94. The molecule has 1 rings (SSSR count). The van der Waals surface area contributed by atoms with Gasteiger partial charge in [-0.1, -0.05) is 20.3 Å². The second-order valence-electron chi connectivity index (χ2n) is 6.96. The highest BCUT2D eigenvalue weighted by Crippen LogP contribution is 2.22. The summed E-state index contributed by atoms with van der Waals surface area (Å²) in [4.78, 5) is 30.7. The molecule has 0 aliphatic carbocycles. The van der Waals surface area contributed by atoms with Crippen LogP contribution in [-0.4, -0.2) is 65.4 Å². The van der Waals surface area contributed by atoms with Gasteiger partial charge in [0.25, 0.3) is 0 Å². The lowest BCUT2D eigenvalue weighted by molar-refractivity contribution is -0.134. The number of hydrogen-bond donors (Lipinski definition) is 4. The van der Waals surface area contributed by atoms with Crippen LogP contribution in [0.5, 0.6) is 5.75 Å². The summed E-state index contributed by atoms with van der Waals surface area (Å²) in [5.41, 5.74) is 1.48. The molecule has 9 heteroatoms. The number of carboxylic acids is 2. The van der Waals surface area contributed by atoms with Crippen molar-refractivity contribution < 1.29 is 39.2 Å². The maximum atomic E-state index is 11.6. The Morgan fingerprint density at radius 2 is 1.75 bits per heavy atom. The molecule has 0 saturated heterocycles. The van der Waals surface area contributed by atoms with E-state index in [-0.39, 0.29) is 12.4 Å². The maximum Gasteiger partial charge on any atom is 0.328 e. The second-order valence-corrected chi connectivity index (χ2v) is 6.96. The van der Waals surface area contributed by atoms with Crippen molar-refractivity contribution in [2.75, 3.05) is 26.3 Å². The molecule has 0 saturated carbocycles. The van der Waals surface area contributed by atoms with Crippen LogP contribution >= 0.6 is 0 Å². The zero-order valence-electron chi connectivity index (χ0n) is 19.0. The lowest BCUT2D eigenvalue weighted by Gasteiger charge is -2.16. The molecule has 0 bridgehead atoms. The van der Waals surface area contributed by atoms with Gasteiger partial charge >= 0.3 is 11.9 Å². The third kappa shape index (κ3) is 15.1. The largest absolute Gasteiger partial charge is 0.490 e. The fraction of sp³-hybridized carbons (Fsp3) is 0.522. The van der Waals surface area contributed by atoms with Crippen LogP contribution in [0, 0.1) is 0 Å². The molecule has 32 heavy (non-hydrogen) atoms. The first kappa shape index (κ1) is 29.2. The first-order valence-electron chi connectivity index (χ1n) is 10.6. The van der Waals surface area contributed by atoms with E-state index < -0.39 is 18.0 Å². The van der Waals surface area contributed by atoms with Crippen molar-refractivity contribution in [2.45, 2.75) is 52.7 Å². The number of benzene rings is 1. The number of nitrogens with one attached hydrogen (secondary N) is 1. The average Bonchev–Trinajstić information content (AvgIpc) is 2.74. The van der Waals surface area contributed by atoms with Crippen LogP contribution in [0.4, 0.5) is 0 Å². The van der Waals surface area contributed by atoms with E-state index >= 15 is 0 Å². The van der Waals surface area contributed by atoms with Gasteiger partial charge in [-0.3, -0.25) is 4.79 Å². The number of unbranched alkanes of at least 4 members (excludes halogenated alkanes) is 1. The minimum atomic E-state index is -1.26. The molecule has 1 unspecified atom stereocenters. The number of hydrogen-bond acceptors (Lipinski definition) is 7. The quantitative estimate of drug-likeness (QED) is 0.179.